The maximum atomic E-state index is 12.0. The Bertz CT molecular complexity index is 486. The van der Waals surface area contributed by atoms with Crippen molar-refractivity contribution < 1.29 is 19.8 Å². The smallest absolute Gasteiger partial charge is 0.335 e. The number of carboxylic acids is 1. The van der Waals surface area contributed by atoms with Crippen LogP contribution in [0.1, 0.15) is 46.4 Å². The molecular formula is C14H17NO4. The van der Waals surface area contributed by atoms with E-state index in [0.29, 0.717) is 12.0 Å². The zero-order chi connectivity index (χ0) is 13.8. The van der Waals surface area contributed by atoms with Crippen LogP contribution in [0.4, 0.5) is 0 Å². The van der Waals surface area contributed by atoms with Crippen LogP contribution in [0.15, 0.2) is 24.3 Å². The summed E-state index contributed by atoms with van der Waals surface area (Å²) in [7, 11) is 0. The van der Waals surface area contributed by atoms with E-state index >= 15 is 0 Å². The Hall–Kier alpha value is -1.88. The van der Waals surface area contributed by atoms with Crippen molar-refractivity contribution in [1.82, 2.24) is 5.32 Å². The molecule has 0 aliphatic heterocycles. The number of aromatic carboxylic acids is 1. The van der Waals surface area contributed by atoms with Crippen molar-refractivity contribution in [2.75, 3.05) is 0 Å². The molecular weight excluding hydrogens is 246 g/mol. The fourth-order valence-corrected chi connectivity index (χ4v) is 2.32. The molecule has 1 aromatic rings. The van der Waals surface area contributed by atoms with Gasteiger partial charge in [-0.1, -0.05) is 18.9 Å². The van der Waals surface area contributed by atoms with Gasteiger partial charge in [-0.15, -0.1) is 0 Å². The highest BCUT2D eigenvalue weighted by Crippen LogP contribution is 2.18. The highest BCUT2D eigenvalue weighted by molar-refractivity contribution is 5.97. The van der Waals surface area contributed by atoms with E-state index in [-0.39, 0.29) is 17.5 Å². The predicted octanol–water partition coefficient (Wildman–Crippen LogP) is 1.42. The first kappa shape index (κ1) is 13.5. The molecule has 0 heterocycles. The third-order valence-electron chi connectivity index (χ3n) is 3.42. The number of benzene rings is 1. The second-order valence-electron chi connectivity index (χ2n) is 4.82. The molecule has 102 valence electrons. The molecule has 1 amide bonds. The topological polar surface area (TPSA) is 86.6 Å². The fourth-order valence-electron chi connectivity index (χ4n) is 2.32. The van der Waals surface area contributed by atoms with Crippen LogP contribution in [0.25, 0.3) is 0 Å². The molecule has 0 unspecified atom stereocenters. The van der Waals surface area contributed by atoms with Gasteiger partial charge in [0.05, 0.1) is 17.7 Å². The Morgan fingerprint density at radius 3 is 2.53 bits per heavy atom. The molecule has 0 saturated heterocycles. The van der Waals surface area contributed by atoms with Crippen LogP contribution in [-0.2, 0) is 0 Å². The molecule has 1 aromatic carbocycles. The number of carbonyl (C=O) groups is 2. The van der Waals surface area contributed by atoms with Gasteiger partial charge in [-0.05, 0) is 31.0 Å². The number of aliphatic hydroxyl groups is 1. The lowest BCUT2D eigenvalue weighted by atomic mass is 9.92. The van der Waals surface area contributed by atoms with Crippen molar-refractivity contribution >= 4 is 11.9 Å². The number of nitrogens with one attached hydrogen (secondary N) is 1. The molecule has 19 heavy (non-hydrogen) atoms. The summed E-state index contributed by atoms with van der Waals surface area (Å²) in [5, 5.41) is 21.5. The van der Waals surface area contributed by atoms with Gasteiger partial charge in [-0.25, -0.2) is 4.79 Å². The zero-order valence-electron chi connectivity index (χ0n) is 10.5. The second-order valence-corrected chi connectivity index (χ2v) is 4.82. The van der Waals surface area contributed by atoms with Gasteiger partial charge >= 0.3 is 5.97 Å². The average molecular weight is 263 g/mol. The molecule has 5 heteroatoms. The van der Waals surface area contributed by atoms with Gasteiger partial charge in [-0.2, -0.15) is 0 Å². The molecule has 2 atom stereocenters. The lowest BCUT2D eigenvalue weighted by molar-refractivity contribution is 0.0696. The number of hydrogen-bond donors (Lipinski definition) is 3. The Labute approximate surface area is 111 Å². The molecule has 3 N–H and O–H groups in total. The van der Waals surface area contributed by atoms with E-state index in [0.717, 1.165) is 19.3 Å². The van der Waals surface area contributed by atoms with Gasteiger partial charge in [0, 0.05) is 5.56 Å². The Balaban J connectivity index is 2.07. The first-order chi connectivity index (χ1) is 9.08. The van der Waals surface area contributed by atoms with Gasteiger partial charge in [0.2, 0.25) is 0 Å². The third kappa shape index (κ3) is 3.32. The normalized spacial score (nSPS) is 22.8. The molecule has 0 radical (unpaired) electrons. The van der Waals surface area contributed by atoms with E-state index in [1.165, 1.54) is 18.2 Å². The van der Waals surface area contributed by atoms with Crippen LogP contribution in [-0.4, -0.2) is 34.2 Å². The van der Waals surface area contributed by atoms with Gasteiger partial charge in [0.1, 0.15) is 0 Å². The first-order valence-electron chi connectivity index (χ1n) is 6.40. The summed E-state index contributed by atoms with van der Waals surface area (Å²) in [5.41, 5.74) is 0.384. The average Bonchev–Trinajstić information content (AvgIpc) is 2.41. The van der Waals surface area contributed by atoms with Crippen molar-refractivity contribution in [3.8, 4) is 0 Å². The Morgan fingerprint density at radius 1 is 1.16 bits per heavy atom. The summed E-state index contributed by atoms with van der Waals surface area (Å²) in [4.78, 5) is 22.9. The fraction of sp³-hybridized carbons (Fsp3) is 0.429. The van der Waals surface area contributed by atoms with Crippen LogP contribution in [0.5, 0.6) is 0 Å². The van der Waals surface area contributed by atoms with E-state index in [1.54, 1.807) is 6.07 Å². The van der Waals surface area contributed by atoms with Crippen LogP contribution >= 0.6 is 0 Å². The quantitative estimate of drug-likeness (QED) is 0.769. The minimum Gasteiger partial charge on any atom is -0.478 e. The molecule has 1 fully saturated rings. The number of hydrogen-bond acceptors (Lipinski definition) is 3. The molecule has 0 aromatic heterocycles. The van der Waals surface area contributed by atoms with E-state index < -0.39 is 12.1 Å². The number of aliphatic hydroxyl groups excluding tert-OH is 1. The van der Waals surface area contributed by atoms with Crippen LogP contribution in [0, 0.1) is 0 Å². The Morgan fingerprint density at radius 2 is 1.84 bits per heavy atom. The third-order valence-corrected chi connectivity index (χ3v) is 3.42. The monoisotopic (exact) mass is 263 g/mol. The van der Waals surface area contributed by atoms with Crippen LogP contribution in [0.2, 0.25) is 0 Å². The standard InChI is InChI=1S/C14H17NO4/c16-12-7-2-1-6-11(12)15-13(17)9-4-3-5-10(8-9)14(18)19/h3-5,8,11-12,16H,1-2,6-7H2,(H,15,17)(H,18,19)/t11-,12-/m0/s1. The van der Waals surface area contributed by atoms with Gasteiger partial charge in [0.25, 0.3) is 5.91 Å². The summed E-state index contributed by atoms with van der Waals surface area (Å²) >= 11 is 0. The summed E-state index contributed by atoms with van der Waals surface area (Å²) in [6.07, 6.45) is 2.89. The molecule has 1 saturated carbocycles. The molecule has 2 rings (SSSR count). The number of carboxylic acid groups (broad SMARTS) is 1. The van der Waals surface area contributed by atoms with Crippen molar-refractivity contribution in [2.45, 2.75) is 37.8 Å². The van der Waals surface area contributed by atoms with Crippen molar-refractivity contribution in [3.63, 3.8) is 0 Å². The van der Waals surface area contributed by atoms with Crippen LogP contribution in [0.3, 0.4) is 0 Å². The minimum absolute atomic E-state index is 0.0804. The predicted molar refractivity (Wildman–Crippen MR) is 69.1 cm³/mol. The lowest BCUT2D eigenvalue weighted by Gasteiger charge is -2.28. The van der Waals surface area contributed by atoms with Crippen molar-refractivity contribution in [1.29, 1.82) is 0 Å². The minimum atomic E-state index is -1.06. The maximum absolute atomic E-state index is 12.0. The summed E-state index contributed by atoms with van der Waals surface area (Å²) in [5.74, 6) is -1.40. The van der Waals surface area contributed by atoms with Crippen molar-refractivity contribution in [3.05, 3.63) is 35.4 Å². The first-order valence-corrected chi connectivity index (χ1v) is 6.40. The number of carbonyl (C=O) groups excluding carboxylic acids is 1. The zero-order valence-corrected chi connectivity index (χ0v) is 10.5. The molecule has 0 spiro atoms. The highest BCUT2D eigenvalue weighted by atomic mass is 16.4. The number of amides is 1. The SMILES string of the molecule is O=C(O)c1cccc(C(=O)N[C@H]2CCCC[C@@H]2O)c1. The van der Waals surface area contributed by atoms with Gasteiger partial charge in [0.15, 0.2) is 0 Å². The summed E-state index contributed by atoms with van der Waals surface area (Å²) in [6.45, 7) is 0. The van der Waals surface area contributed by atoms with Crippen LogP contribution < -0.4 is 5.32 Å². The van der Waals surface area contributed by atoms with E-state index in [1.807, 2.05) is 0 Å². The maximum Gasteiger partial charge on any atom is 0.335 e. The summed E-state index contributed by atoms with van der Waals surface area (Å²) < 4.78 is 0. The van der Waals surface area contributed by atoms with Gasteiger partial charge in [-0.3, -0.25) is 4.79 Å². The van der Waals surface area contributed by atoms with Crippen molar-refractivity contribution in [2.24, 2.45) is 0 Å². The second kappa shape index (κ2) is 5.84. The summed E-state index contributed by atoms with van der Waals surface area (Å²) in [6, 6.07) is 5.64. The molecule has 0 bridgehead atoms. The molecule has 1 aliphatic rings. The highest BCUT2D eigenvalue weighted by Gasteiger charge is 2.24. The molecule has 5 nitrogen and oxygen atoms in total. The van der Waals surface area contributed by atoms with E-state index in [4.69, 9.17) is 5.11 Å². The Kier molecular flexibility index (Phi) is 4.16. The molecule has 1 aliphatic carbocycles. The van der Waals surface area contributed by atoms with E-state index in [9.17, 15) is 14.7 Å². The lowest BCUT2D eigenvalue weighted by Crippen LogP contribution is -2.45. The number of rotatable bonds is 3. The largest absolute Gasteiger partial charge is 0.478 e. The van der Waals surface area contributed by atoms with E-state index in [2.05, 4.69) is 5.32 Å². The van der Waals surface area contributed by atoms with Gasteiger partial charge < -0.3 is 15.5 Å².